The number of carbonyl (C=O) groups is 1. The molecule has 0 saturated carbocycles. The van der Waals surface area contributed by atoms with Crippen LogP contribution in [-0.2, 0) is 4.74 Å². The molecule has 0 bridgehead atoms. The Balaban J connectivity index is 1.60. The highest BCUT2D eigenvalue weighted by Crippen LogP contribution is 2.30. The Bertz CT molecular complexity index is 889. The standard InChI is InChI=1S/C22H22N2O2/c25-22(19-8-7-16-4-1-2-5-18(16)14-19)24-21(17-9-12-26-13-10-17)20-6-3-11-23-15-20/h1-8,11,14-15,17,21H,9-10,12-13H2,(H,24,25). The third-order valence-corrected chi connectivity index (χ3v) is 5.08. The summed E-state index contributed by atoms with van der Waals surface area (Å²) < 4.78 is 5.50. The monoisotopic (exact) mass is 346 g/mol. The maximum Gasteiger partial charge on any atom is 0.251 e. The van der Waals surface area contributed by atoms with Gasteiger partial charge in [0.1, 0.15) is 0 Å². The number of amides is 1. The highest BCUT2D eigenvalue weighted by atomic mass is 16.5. The van der Waals surface area contributed by atoms with E-state index in [0.717, 1.165) is 42.4 Å². The van der Waals surface area contributed by atoms with Gasteiger partial charge >= 0.3 is 0 Å². The van der Waals surface area contributed by atoms with Crippen LogP contribution in [0.3, 0.4) is 0 Å². The summed E-state index contributed by atoms with van der Waals surface area (Å²) in [5.41, 5.74) is 1.73. The van der Waals surface area contributed by atoms with Crippen LogP contribution in [0, 0.1) is 5.92 Å². The zero-order chi connectivity index (χ0) is 17.8. The second-order valence-electron chi connectivity index (χ2n) is 6.75. The van der Waals surface area contributed by atoms with Gasteiger partial charge in [0.05, 0.1) is 6.04 Å². The summed E-state index contributed by atoms with van der Waals surface area (Å²) in [6.45, 7) is 1.49. The molecule has 1 fully saturated rings. The molecular formula is C22H22N2O2. The van der Waals surface area contributed by atoms with Crippen molar-refractivity contribution in [1.82, 2.24) is 10.3 Å². The number of hydrogen-bond donors (Lipinski definition) is 1. The van der Waals surface area contributed by atoms with Crippen molar-refractivity contribution >= 4 is 16.7 Å². The first kappa shape index (κ1) is 16.7. The van der Waals surface area contributed by atoms with E-state index < -0.39 is 0 Å². The van der Waals surface area contributed by atoms with Crippen molar-refractivity contribution in [2.24, 2.45) is 5.92 Å². The zero-order valence-electron chi connectivity index (χ0n) is 14.6. The van der Waals surface area contributed by atoms with E-state index in [1.165, 1.54) is 0 Å². The molecule has 2 aromatic carbocycles. The second-order valence-corrected chi connectivity index (χ2v) is 6.75. The van der Waals surface area contributed by atoms with E-state index in [1.807, 2.05) is 54.7 Å². The van der Waals surface area contributed by atoms with Crippen molar-refractivity contribution in [2.75, 3.05) is 13.2 Å². The number of fused-ring (bicyclic) bond motifs is 1. The largest absolute Gasteiger partial charge is 0.381 e. The van der Waals surface area contributed by atoms with Crippen molar-refractivity contribution in [1.29, 1.82) is 0 Å². The molecule has 1 amide bonds. The van der Waals surface area contributed by atoms with Crippen molar-refractivity contribution in [3.63, 3.8) is 0 Å². The molecule has 26 heavy (non-hydrogen) atoms. The van der Waals surface area contributed by atoms with E-state index in [-0.39, 0.29) is 11.9 Å². The van der Waals surface area contributed by atoms with Crippen LogP contribution in [0.25, 0.3) is 10.8 Å². The van der Waals surface area contributed by atoms with Gasteiger partial charge in [0, 0.05) is 31.2 Å². The number of nitrogens with one attached hydrogen (secondary N) is 1. The van der Waals surface area contributed by atoms with Crippen LogP contribution >= 0.6 is 0 Å². The van der Waals surface area contributed by atoms with Gasteiger partial charge in [0.15, 0.2) is 0 Å². The first-order valence-corrected chi connectivity index (χ1v) is 9.08. The van der Waals surface area contributed by atoms with Gasteiger partial charge in [-0.15, -0.1) is 0 Å². The molecule has 3 aromatic rings. The lowest BCUT2D eigenvalue weighted by atomic mass is 9.87. The summed E-state index contributed by atoms with van der Waals surface area (Å²) in [7, 11) is 0. The Morgan fingerprint density at radius 1 is 1.04 bits per heavy atom. The maximum absolute atomic E-state index is 13.0. The number of ether oxygens (including phenoxy) is 1. The molecule has 1 atom stereocenters. The van der Waals surface area contributed by atoms with Crippen LogP contribution in [0.1, 0.15) is 34.8 Å². The number of carbonyl (C=O) groups excluding carboxylic acids is 1. The maximum atomic E-state index is 13.0. The van der Waals surface area contributed by atoms with E-state index in [9.17, 15) is 4.79 Å². The third kappa shape index (κ3) is 3.60. The van der Waals surface area contributed by atoms with Crippen LogP contribution in [0.5, 0.6) is 0 Å². The Kier molecular flexibility index (Phi) is 4.93. The molecule has 4 nitrogen and oxygen atoms in total. The molecule has 1 aromatic heterocycles. The van der Waals surface area contributed by atoms with Crippen LogP contribution in [-0.4, -0.2) is 24.1 Å². The van der Waals surface area contributed by atoms with Gasteiger partial charge in [-0.3, -0.25) is 9.78 Å². The average Bonchev–Trinajstić information content (AvgIpc) is 2.72. The second kappa shape index (κ2) is 7.67. The molecule has 0 radical (unpaired) electrons. The van der Waals surface area contributed by atoms with Gasteiger partial charge in [-0.25, -0.2) is 0 Å². The SMILES string of the molecule is O=C(NC(c1cccnc1)C1CCOCC1)c1ccc2ccccc2c1. The summed E-state index contributed by atoms with van der Waals surface area (Å²) in [6.07, 6.45) is 5.49. The summed E-state index contributed by atoms with van der Waals surface area (Å²) in [4.78, 5) is 17.2. The number of aromatic nitrogens is 1. The van der Waals surface area contributed by atoms with Gasteiger partial charge in [-0.1, -0.05) is 36.4 Å². The minimum atomic E-state index is -0.0495. The predicted molar refractivity (Wildman–Crippen MR) is 102 cm³/mol. The summed E-state index contributed by atoms with van der Waals surface area (Å²) in [5, 5.41) is 5.46. The molecule has 1 N–H and O–H groups in total. The molecule has 2 heterocycles. The molecular weight excluding hydrogens is 324 g/mol. The molecule has 1 saturated heterocycles. The highest BCUT2D eigenvalue weighted by Gasteiger charge is 2.27. The quantitative estimate of drug-likeness (QED) is 0.773. The number of benzene rings is 2. The molecule has 4 rings (SSSR count). The lowest BCUT2D eigenvalue weighted by Gasteiger charge is -2.31. The summed E-state index contributed by atoms with van der Waals surface area (Å²) >= 11 is 0. The van der Waals surface area contributed by atoms with Crippen molar-refractivity contribution in [3.8, 4) is 0 Å². The average molecular weight is 346 g/mol. The Labute approximate surface area is 153 Å². The number of nitrogens with zero attached hydrogens (tertiary/aromatic N) is 1. The third-order valence-electron chi connectivity index (χ3n) is 5.08. The fourth-order valence-electron chi connectivity index (χ4n) is 3.64. The zero-order valence-corrected chi connectivity index (χ0v) is 14.6. The van der Waals surface area contributed by atoms with Crippen LogP contribution in [0.4, 0.5) is 0 Å². The van der Waals surface area contributed by atoms with Gasteiger partial charge in [-0.2, -0.15) is 0 Å². The number of rotatable bonds is 4. The van der Waals surface area contributed by atoms with Crippen molar-refractivity contribution in [2.45, 2.75) is 18.9 Å². The Hall–Kier alpha value is -2.72. The lowest BCUT2D eigenvalue weighted by Crippen LogP contribution is -2.36. The number of hydrogen-bond acceptors (Lipinski definition) is 3. The molecule has 0 aliphatic carbocycles. The lowest BCUT2D eigenvalue weighted by molar-refractivity contribution is 0.0513. The minimum absolute atomic E-state index is 0.0453. The van der Waals surface area contributed by atoms with Gasteiger partial charge in [0.25, 0.3) is 5.91 Å². The molecule has 1 aliphatic heterocycles. The smallest absolute Gasteiger partial charge is 0.251 e. The predicted octanol–water partition coefficient (Wildman–Crippen LogP) is 4.13. The van der Waals surface area contributed by atoms with E-state index in [0.29, 0.717) is 11.5 Å². The van der Waals surface area contributed by atoms with E-state index in [4.69, 9.17) is 4.74 Å². The fraction of sp³-hybridized carbons (Fsp3) is 0.273. The minimum Gasteiger partial charge on any atom is -0.381 e. The molecule has 1 aliphatic rings. The van der Waals surface area contributed by atoms with Crippen molar-refractivity contribution < 1.29 is 9.53 Å². The van der Waals surface area contributed by atoms with Crippen LogP contribution in [0.2, 0.25) is 0 Å². The highest BCUT2D eigenvalue weighted by molar-refractivity contribution is 5.98. The first-order valence-electron chi connectivity index (χ1n) is 9.08. The van der Waals surface area contributed by atoms with Gasteiger partial charge in [0.2, 0.25) is 0 Å². The molecule has 132 valence electrons. The molecule has 1 unspecified atom stereocenters. The van der Waals surface area contributed by atoms with Crippen LogP contribution < -0.4 is 5.32 Å². The molecule has 4 heteroatoms. The Morgan fingerprint density at radius 2 is 1.85 bits per heavy atom. The fourth-order valence-corrected chi connectivity index (χ4v) is 3.64. The van der Waals surface area contributed by atoms with Crippen LogP contribution in [0.15, 0.2) is 67.0 Å². The van der Waals surface area contributed by atoms with E-state index in [2.05, 4.69) is 16.4 Å². The van der Waals surface area contributed by atoms with Gasteiger partial charge in [-0.05, 0) is 53.3 Å². The normalized spacial score (nSPS) is 16.3. The van der Waals surface area contributed by atoms with E-state index >= 15 is 0 Å². The summed E-state index contributed by atoms with van der Waals surface area (Å²) in [6, 6.07) is 17.8. The first-order chi connectivity index (χ1) is 12.8. The van der Waals surface area contributed by atoms with Gasteiger partial charge < -0.3 is 10.1 Å². The van der Waals surface area contributed by atoms with Crippen molar-refractivity contribution in [3.05, 3.63) is 78.1 Å². The topological polar surface area (TPSA) is 51.2 Å². The summed E-state index contributed by atoms with van der Waals surface area (Å²) in [5.74, 6) is 0.313. The van der Waals surface area contributed by atoms with E-state index in [1.54, 1.807) is 6.20 Å². The number of pyridine rings is 1. The molecule has 0 spiro atoms. The Morgan fingerprint density at radius 3 is 2.62 bits per heavy atom.